The smallest absolute Gasteiger partial charge is 0.412 e. The molecule has 0 unspecified atom stereocenters. The van der Waals surface area contributed by atoms with Crippen LogP contribution in [0.3, 0.4) is 0 Å². The molecule has 36 heavy (non-hydrogen) atoms. The van der Waals surface area contributed by atoms with Crippen molar-refractivity contribution in [2.75, 3.05) is 25.5 Å². The Morgan fingerprint density at radius 3 is 2.75 bits per heavy atom. The zero-order chi connectivity index (χ0) is 26.2. The zero-order valence-electron chi connectivity index (χ0n) is 19.6. The van der Waals surface area contributed by atoms with Crippen molar-refractivity contribution in [3.8, 4) is 0 Å². The number of halogens is 3. The summed E-state index contributed by atoms with van der Waals surface area (Å²) in [6.07, 6.45) is 0.0344. The summed E-state index contributed by atoms with van der Waals surface area (Å²) >= 11 is 5.96. The molecule has 0 bridgehead atoms. The Balaban J connectivity index is 1.60. The molecule has 11 heteroatoms. The van der Waals surface area contributed by atoms with Gasteiger partial charge in [0.1, 0.15) is 24.1 Å². The number of nitrogens with zero attached hydrogens (tertiary/aromatic N) is 2. The summed E-state index contributed by atoms with van der Waals surface area (Å²) in [4.78, 5) is 30.6. The van der Waals surface area contributed by atoms with Gasteiger partial charge in [-0.05, 0) is 54.1 Å². The van der Waals surface area contributed by atoms with Crippen molar-refractivity contribution >= 4 is 40.2 Å². The summed E-state index contributed by atoms with van der Waals surface area (Å²) < 4.78 is 32.4. The molecular formula is C25H27ClF2N4O4. The predicted molar refractivity (Wildman–Crippen MR) is 133 cm³/mol. The van der Waals surface area contributed by atoms with Crippen LogP contribution in [0.25, 0.3) is 10.8 Å². The quantitative estimate of drug-likeness (QED) is 0.373. The molecule has 2 amide bonds. The third kappa shape index (κ3) is 7.33. The van der Waals surface area contributed by atoms with Gasteiger partial charge in [0.25, 0.3) is 0 Å². The number of carbonyl (C=O) groups excluding carboxylic acids is 2. The van der Waals surface area contributed by atoms with Crippen LogP contribution in [0.4, 0.5) is 19.4 Å². The highest BCUT2D eigenvalue weighted by Gasteiger charge is 2.24. The third-order valence-electron chi connectivity index (χ3n) is 5.72. The van der Waals surface area contributed by atoms with Crippen LogP contribution in [-0.2, 0) is 16.0 Å². The number of aliphatic hydroxyl groups is 1. The lowest BCUT2D eigenvalue weighted by atomic mass is 10.1. The molecule has 2 atom stereocenters. The average molecular weight is 521 g/mol. The first-order valence-corrected chi connectivity index (χ1v) is 11.6. The van der Waals surface area contributed by atoms with Crippen molar-refractivity contribution in [3.63, 3.8) is 0 Å². The SMILES string of the molecule is CN(C(=O)CCc1cccc(F)c1Cl)[C@H](COC(=O)Nc1cc2cc(F)ccc2cn1)C[C@@H](O)CN. The fourth-order valence-electron chi connectivity index (χ4n) is 3.60. The Labute approximate surface area is 212 Å². The molecule has 0 spiro atoms. The lowest BCUT2D eigenvalue weighted by Gasteiger charge is -2.29. The number of amides is 2. The van der Waals surface area contributed by atoms with Crippen LogP contribution in [-0.4, -0.2) is 59.3 Å². The standard InChI is InChI=1S/C25H27ClF2N4O4/c1-32(23(34)8-6-15-3-2-4-21(28)24(15)26)19(11-20(33)12-29)14-36-25(35)31-22-10-17-9-18(27)7-5-16(17)13-30-22/h2-5,7,9-10,13,19-20,33H,6,8,11-12,14,29H2,1H3,(H,30,31,35)/t19-,20+/m0/s1. The Morgan fingerprint density at radius 2 is 2.00 bits per heavy atom. The second kappa shape index (κ2) is 12.6. The number of pyridine rings is 1. The van der Waals surface area contributed by atoms with E-state index >= 15 is 0 Å². The first kappa shape index (κ1) is 27.3. The van der Waals surface area contributed by atoms with Gasteiger partial charge >= 0.3 is 6.09 Å². The van der Waals surface area contributed by atoms with Gasteiger partial charge in [0.05, 0.1) is 17.2 Å². The van der Waals surface area contributed by atoms with E-state index in [0.29, 0.717) is 16.3 Å². The molecule has 0 radical (unpaired) electrons. The minimum Gasteiger partial charge on any atom is -0.447 e. The molecule has 2 aromatic carbocycles. The average Bonchev–Trinajstić information content (AvgIpc) is 2.86. The topological polar surface area (TPSA) is 118 Å². The lowest BCUT2D eigenvalue weighted by molar-refractivity contribution is -0.133. The molecule has 1 aromatic heterocycles. The number of aryl methyl sites for hydroxylation is 1. The van der Waals surface area contributed by atoms with Crippen LogP contribution < -0.4 is 11.1 Å². The zero-order valence-corrected chi connectivity index (χ0v) is 20.3. The highest BCUT2D eigenvalue weighted by molar-refractivity contribution is 6.31. The number of hydrogen-bond acceptors (Lipinski definition) is 6. The Bertz CT molecular complexity index is 1230. The maximum Gasteiger partial charge on any atom is 0.412 e. The molecule has 8 nitrogen and oxygen atoms in total. The van der Waals surface area contributed by atoms with E-state index in [1.54, 1.807) is 12.1 Å². The normalized spacial score (nSPS) is 12.7. The van der Waals surface area contributed by atoms with Crippen LogP contribution in [0.1, 0.15) is 18.4 Å². The third-order valence-corrected chi connectivity index (χ3v) is 6.14. The van der Waals surface area contributed by atoms with Crippen LogP contribution in [0, 0.1) is 11.6 Å². The van der Waals surface area contributed by atoms with Crippen molar-refractivity contribution in [3.05, 3.63) is 70.9 Å². The number of nitrogens with two attached hydrogens (primary N) is 1. The van der Waals surface area contributed by atoms with Gasteiger partial charge in [-0.1, -0.05) is 23.7 Å². The number of aromatic nitrogens is 1. The molecule has 3 aromatic rings. The van der Waals surface area contributed by atoms with E-state index in [-0.39, 0.29) is 49.2 Å². The summed E-state index contributed by atoms with van der Waals surface area (Å²) in [5.74, 6) is -1.14. The second-order valence-electron chi connectivity index (χ2n) is 8.28. The van der Waals surface area contributed by atoms with Gasteiger partial charge in [0.2, 0.25) is 5.91 Å². The van der Waals surface area contributed by atoms with Crippen LogP contribution in [0.15, 0.2) is 48.7 Å². The molecule has 3 rings (SSSR count). The Morgan fingerprint density at radius 1 is 1.22 bits per heavy atom. The number of fused-ring (bicyclic) bond motifs is 1. The number of hydrogen-bond donors (Lipinski definition) is 3. The highest BCUT2D eigenvalue weighted by Crippen LogP contribution is 2.22. The fraction of sp³-hybridized carbons (Fsp3) is 0.320. The largest absolute Gasteiger partial charge is 0.447 e. The molecule has 0 fully saturated rings. The lowest BCUT2D eigenvalue weighted by Crippen LogP contribution is -2.44. The number of ether oxygens (including phenoxy) is 1. The number of rotatable bonds is 10. The van der Waals surface area contributed by atoms with Crippen LogP contribution in [0.2, 0.25) is 5.02 Å². The Hall–Kier alpha value is -3.34. The predicted octanol–water partition coefficient (Wildman–Crippen LogP) is 3.88. The maximum absolute atomic E-state index is 13.7. The van der Waals surface area contributed by atoms with Gasteiger partial charge in [-0.3, -0.25) is 10.1 Å². The highest BCUT2D eigenvalue weighted by atomic mass is 35.5. The number of nitrogens with one attached hydrogen (secondary N) is 1. The first-order chi connectivity index (χ1) is 17.2. The number of benzene rings is 2. The molecule has 4 N–H and O–H groups in total. The number of aliphatic hydroxyl groups excluding tert-OH is 1. The Kier molecular flexibility index (Phi) is 9.51. The van der Waals surface area contributed by atoms with E-state index in [2.05, 4.69) is 10.3 Å². The van der Waals surface area contributed by atoms with E-state index in [1.807, 2.05) is 0 Å². The van der Waals surface area contributed by atoms with Gasteiger partial charge in [-0.15, -0.1) is 0 Å². The van der Waals surface area contributed by atoms with Gasteiger partial charge in [-0.25, -0.2) is 18.6 Å². The first-order valence-electron chi connectivity index (χ1n) is 11.2. The monoisotopic (exact) mass is 520 g/mol. The van der Waals surface area contributed by atoms with Crippen molar-refractivity contribution in [2.45, 2.75) is 31.4 Å². The number of likely N-dealkylation sites (N-methyl/N-ethyl adjacent to an activating group) is 1. The van der Waals surface area contributed by atoms with E-state index in [9.17, 15) is 23.5 Å². The molecule has 1 heterocycles. The number of carbonyl (C=O) groups is 2. The number of anilines is 1. The minimum absolute atomic E-state index is 0.0264. The van der Waals surface area contributed by atoms with Gasteiger partial charge in [-0.2, -0.15) is 0 Å². The summed E-state index contributed by atoms with van der Waals surface area (Å²) in [6.45, 7) is -0.269. The maximum atomic E-state index is 13.7. The van der Waals surface area contributed by atoms with Crippen molar-refractivity contribution in [2.24, 2.45) is 5.73 Å². The summed E-state index contributed by atoms with van der Waals surface area (Å²) in [5.41, 5.74) is 6.01. The molecule has 192 valence electrons. The molecule has 0 aliphatic carbocycles. The van der Waals surface area contributed by atoms with E-state index < -0.39 is 29.9 Å². The summed E-state index contributed by atoms with van der Waals surface area (Å²) in [6, 6.07) is 9.41. The van der Waals surface area contributed by atoms with Crippen molar-refractivity contribution < 1.29 is 28.2 Å². The molecule has 0 aliphatic rings. The van der Waals surface area contributed by atoms with Crippen molar-refractivity contribution in [1.82, 2.24) is 9.88 Å². The molecule has 0 saturated carbocycles. The fourth-order valence-corrected chi connectivity index (χ4v) is 3.82. The minimum atomic E-state index is -0.924. The van der Waals surface area contributed by atoms with E-state index in [1.165, 1.54) is 48.5 Å². The molecule has 0 saturated heterocycles. The van der Waals surface area contributed by atoms with Gasteiger partial charge in [0, 0.05) is 31.6 Å². The van der Waals surface area contributed by atoms with Crippen LogP contribution in [0.5, 0.6) is 0 Å². The summed E-state index contributed by atoms with van der Waals surface area (Å²) in [7, 11) is 1.52. The van der Waals surface area contributed by atoms with Gasteiger partial charge < -0.3 is 20.5 Å². The molecule has 0 aliphatic heterocycles. The van der Waals surface area contributed by atoms with E-state index in [4.69, 9.17) is 22.1 Å². The summed E-state index contributed by atoms with van der Waals surface area (Å²) in [5, 5.41) is 13.7. The second-order valence-corrected chi connectivity index (χ2v) is 8.66. The van der Waals surface area contributed by atoms with Gasteiger partial charge in [0.15, 0.2) is 0 Å². The van der Waals surface area contributed by atoms with E-state index in [0.717, 1.165) is 0 Å². The van der Waals surface area contributed by atoms with Crippen LogP contribution >= 0.6 is 11.6 Å². The van der Waals surface area contributed by atoms with Crippen molar-refractivity contribution in [1.29, 1.82) is 0 Å². The molecular weight excluding hydrogens is 494 g/mol.